The Morgan fingerprint density at radius 1 is 0.950 bits per heavy atom. The third kappa shape index (κ3) is 7.82. The van der Waals surface area contributed by atoms with Gasteiger partial charge in [0.05, 0.1) is 10.6 Å². The molecule has 0 aliphatic carbocycles. The first-order chi connectivity index (χ1) is 18.6. The van der Waals surface area contributed by atoms with Crippen LogP contribution in [0.5, 0.6) is 0 Å². The van der Waals surface area contributed by atoms with Crippen LogP contribution in [-0.4, -0.2) is 43.3 Å². The standard InChI is InChI=1S/C30H35ClFN3O4S/c1-20-7-14-26(17-21(20)2)35(40(38,39)27-15-10-24(31)11-16-27)19-28(36)34(18-23-8-12-25(32)13-9-23)22(3)29(37)33-30(4,5)6/h7-17,22H,18-19H2,1-6H3,(H,33,37)/t22-/m0/s1. The lowest BCUT2D eigenvalue weighted by atomic mass is 10.1. The van der Waals surface area contributed by atoms with E-state index in [-0.39, 0.29) is 11.4 Å². The second kappa shape index (κ2) is 12.4. The van der Waals surface area contributed by atoms with Crippen LogP contribution in [0.4, 0.5) is 10.1 Å². The van der Waals surface area contributed by atoms with E-state index in [1.54, 1.807) is 25.1 Å². The van der Waals surface area contributed by atoms with Crippen LogP contribution in [0.3, 0.4) is 0 Å². The number of hydrogen-bond donors (Lipinski definition) is 1. The van der Waals surface area contributed by atoms with Crippen molar-refractivity contribution in [3.8, 4) is 0 Å². The second-order valence-electron chi connectivity index (χ2n) is 10.8. The minimum atomic E-state index is -4.21. The highest BCUT2D eigenvalue weighted by Gasteiger charge is 2.33. The molecule has 0 saturated heterocycles. The number of halogens is 2. The van der Waals surface area contributed by atoms with Gasteiger partial charge < -0.3 is 10.2 Å². The van der Waals surface area contributed by atoms with Gasteiger partial charge in [-0.2, -0.15) is 0 Å². The predicted octanol–water partition coefficient (Wildman–Crippen LogP) is 5.62. The van der Waals surface area contributed by atoms with E-state index < -0.39 is 45.8 Å². The molecule has 0 aromatic heterocycles. The van der Waals surface area contributed by atoms with Crippen molar-refractivity contribution >= 4 is 39.1 Å². The van der Waals surface area contributed by atoms with Gasteiger partial charge in [-0.3, -0.25) is 13.9 Å². The molecule has 3 aromatic rings. The number of sulfonamides is 1. The SMILES string of the molecule is Cc1ccc(N(CC(=O)N(Cc2ccc(F)cc2)[C@@H](C)C(=O)NC(C)(C)C)S(=O)(=O)c2ccc(Cl)cc2)cc1C. The summed E-state index contributed by atoms with van der Waals surface area (Å²) in [4.78, 5) is 28.3. The molecule has 3 aromatic carbocycles. The lowest BCUT2D eigenvalue weighted by Crippen LogP contribution is -2.54. The van der Waals surface area contributed by atoms with Crippen molar-refractivity contribution in [3.05, 3.63) is 94.3 Å². The van der Waals surface area contributed by atoms with Gasteiger partial charge in [0.2, 0.25) is 11.8 Å². The zero-order chi connectivity index (χ0) is 29.8. The Balaban J connectivity index is 2.06. The van der Waals surface area contributed by atoms with Gasteiger partial charge in [0, 0.05) is 17.1 Å². The highest BCUT2D eigenvalue weighted by atomic mass is 35.5. The van der Waals surface area contributed by atoms with Crippen LogP contribution < -0.4 is 9.62 Å². The minimum Gasteiger partial charge on any atom is -0.350 e. The Kier molecular flexibility index (Phi) is 9.64. The van der Waals surface area contributed by atoms with Gasteiger partial charge >= 0.3 is 0 Å². The predicted molar refractivity (Wildman–Crippen MR) is 156 cm³/mol. The van der Waals surface area contributed by atoms with E-state index in [9.17, 15) is 22.4 Å². The highest BCUT2D eigenvalue weighted by molar-refractivity contribution is 7.92. The Hall–Kier alpha value is -3.43. The first-order valence-corrected chi connectivity index (χ1v) is 14.6. The fraction of sp³-hybridized carbons (Fsp3) is 0.333. The van der Waals surface area contributed by atoms with Crippen LogP contribution in [0.25, 0.3) is 0 Å². The third-order valence-electron chi connectivity index (χ3n) is 6.39. The van der Waals surface area contributed by atoms with Gasteiger partial charge in [0.25, 0.3) is 10.0 Å². The number of nitrogens with zero attached hydrogens (tertiary/aromatic N) is 2. The Labute approximate surface area is 241 Å². The van der Waals surface area contributed by atoms with Gasteiger partial charge in [0.1, 0.15) is 18.4 Å². The van der Waals surface area contributed by atoms with Crippen molar-refractivity contribution in [1.82, 2.24) is 10.2 Å². The molecule has 214 valence electrons. The molecule has 0 aliphatic heterocycles. The van der Waals surface area contributed by atoms with Crippen molar-refractivity contribution in [3.63, 3.8) is 0 Å². The molecule has 0 saturated carbocycles. The monoisotopic (exact) mass is 587 g/mol. The molecule has 1 atom stereocenters. The van der Waals surface area contributed by atoms with Crippen LogP contribution in [0, 0.1) is 19.7 Å². The van der Waals surface area contributed by atoms with Gasteiger partial charge in [-0.05, 0) is 107 Å². The molecule has 2 amide bonds. The largest absolute Gasteiger partial charge is 0.350 e. The topological polar surface area (TPSA) is 86.8 Å². The summed E-state index contributed by atoms with van der Waals surface area (Å²) in [7, 11) is -4.21. The van der Waals surface area contributed by atoms with E-state index in [1.165, 1.54) is 53.4 Å². The first-order valence-electron chi connectivity index (χ1n) is 12.8. The third-order valence-corrected chi connectivity index (χ3v) is 8.43. The van der Waals surface area contributed by atoms with E-state index >= 15 is 0 Å². The number of rotatable bonds is 9. The van der Waals surface area contributed by atoms with Gasteiger partial charge in [-0.25, -0.2) is 12.8 Å². The lowest BCUT2D eigenvalue weighted by Gasteiger charge is -2.33. The Morgan fingerprint density at radius 3 is 2.10 bits per heavy atom. The number of nitrogens with one attached hydrogen (secondary N) is 1. The molecular formula is C30H35ClFN3O4S. The quantitative estimate of drug-likeness (QED) is 0.352. The Bertz CT molecular complexity index is 1470. The van der Waals surface area contributed by atoms with E-state index in [0.717, 1.165) is 15.4 Å². The van der Waals surface area contributed by atoms with Crippen LogP contribution in [0.2, 0.25) is 5.02 Å². The summed E-state index contributed by atoms with van der Waals surface area (Å²) in [6, 6.07) is 15.5. The van der Waals surface area contributed by atoms with Crippen LogP contribution in [-0.2, 0) is 26.2 Å². The van der Waals surface area contributed by atoms with Crippen LogP contribution in [0.15, 0.2) is 71.6 Å². The van der Waals surface area contributed by atoms with Crippen molar-refractivity contribution in [2.24, 2.45) is 0 Å². The number of anilines is 1. The average Bonchev–Trinajstić information content (AvgIpc) is 2.87. The molecule has 0 fully saturated rings. The van der Waals surface area contributed by atoms with Crippen LogP contribution >= 0.6 is 11.6 Å². The van der Waals surface area contributed by atoms with Gasteiger partial charge in [-0.15, -0.1) is 0 Å². The number of carbonyl (C=O) groups excluding carboxylic acids is 2. The summed E-state index contributed by atoms with van der Waals surface area (Å²) in [5.41, 5.74) is 2.15. The molecule has 40 heavy (non-hydrogen) atoms. The van der Waals surface area contributed by atoms with Crippen molar-refractivity contribution in [1.29, 1.82) is 0 Å². The van der Waals surface area contributed by atoms with E-state index in [1.807, 2.05) is 34.6 Å². The summed E-state index contributed by atoms with van der Waals surface area (Å²) < 4.78 is 42.4. The fourth-order valence-electron chi connectivity index (χ4n) is 3.99. The second-order valence-corrected chi connectivity index (χ2v) is 13.1. The zero-order valence-corrected chi connectivity index (χ0v) is 25.1. The maximum atomic E-state index is 13.9. The lowest BCUT2D eigenvalue weighted by molar-refractivity contribution is -0.140. The molecule has 0 radical (unpaired) electrons. The molecule has 0 aliphatic rings. The maximum absolute atomic E-state index is 13.9. The van der Waals surface area contributed by atoms with E-state index in [0.29, 0.717) is 16.3 Å². The summed E-state index contributed by atoms with van der Waals surface area (Å²) in [5.74, 6) is -1.44. The molecule has 1 N–H and O–H groups in total. The van der Waals surface area contributed by atoms with Gasteiger partial charge in [0.15, 0.2) is 0 Å². The molecule has 3 rings (SSSR count). The number of carbonyl (C=O) groups is 2. The molecule has 0 bridgehead atoms. The normalized spacial score (nSPS) is 12.5. The maximum Gasteiger partial charge on any atom is 0.264 e. The molecule has 0 spiro atoms. The first kappa shape index (κ1) is 31.1. The fourth-order valence-corrected chi connectivity index (χ4v) is 5.52. The molecule has 0 unspecified atom stereocenters. The van der Waals surface area contributed by atoms with Crippen molar-refractivity contribution < 1.29 is 22.4 Å². The summed E-state index contributed by atoms with van der Waals surface area (Å²) in [5, 5.41) is 3.24. The number of amides is 2. The smallest absolute Gasteiger partial charge is 0.264 e. The highest BCUT2D eigenvalue weighted by Crippen LogP contribution is 2.27. The Morgan fingerprint density at radius 2 is 1.55 bits per heavy atom. The van der Waals surface area contributed by atoms with Crippen molar-refractivity contribution in [2.45, 2.75) is 64.6 Å². The van der Waals surface area contributed by atoms with E-state index in [4.69, 9.17) is 11.6 Å². The summed E-state index contributed by atoms with van der Waals surface area (Å²) in [6.45, 7) is 10.2. The molecular weight excluding hydrogens is 553 g/mol. The number of aryl methyl sites for hydroxylation is 2. The average molecular weight is 588 g/mol. The zero-order valence-electron chi connectivity index (χ0n) is 23.5. The molecule has 0 heterocycles. The molecule has 7 nitrogen and oxygen atoms in total. The summed E-state index contributed by atoms with van der Waals surface area (Å²) >= 11 is 5.99. The van der Waals surface area contributed by atoms with Crippen molar-refractivity contribution in [2.75, 3.05) is 10.8 Å². The number of hydrogen-bond acceptors (Lipinski definition) is 4. The molecule has 10 heteroatoms. The van der Waals surface area contributed by atoms with Gasteiger partial charge in [-0.1, -0.05) is 29.8 Å². The minimum absolute atomic E-state index is 0.0282. The van der Waals surface area contributed by atoms with Crippen LogP contribution in [0.1, 0.15) is 44.4 Å². The van der Waals surface area contributed by atoms with E-state index in [2.05, 4.69) is 5.32 Å². The number of benzene rings is 3. The summed E-state index contributed by atoms with van der Waals surface area (Å²) in [6.07, 6.45) is 0.